The Morgan fingerprint density at radius 3 is 1.83 bits per heavy atom. The van der Waals surface area contributed by atoms with Gasteiger partial charge in [-0.1, -0.05) is 31.9 Å². The van der Waals surface area contributed by atoms with Crippen LogP contribution in [0.5, 0.6) is 0 Å². The van der Waals surface area contributed by atoms with Crippen LogP contribution in [0.25, 0.3) is 21.8 Å². The monoisotopic (exact) mass is 602 g/mol. The normalized spacial score (nSPS) is 13.7. The Morgan fingerprint density at radius 1 is 0.829 bits per heavy atom. The van der Waals surface area contributed by atoms with Crippen LogP contribution in [0.1, 0.15) is 11.1 Å². The van der Waals surface area contributed by atoms with Crippen molar-refractivity contribution in [3.05, 3.63) is 89.3 Å². The lowest BCUT2D eigenvalue weighted by Gasteiger charge is -2.15. The summed E-state index contributed by atoms with van der Waals surface area (Å²) in [6.07, 6.45) is 0.402. The molecule has 1 aliphatic heterocycles. The lowest BCUT2D eigenvalue weighted by atomic mass is 10.1. The molecule has 35 heavy (non-hydrogen) atoms. The van der Waals surface area contributed by atoms with Gasteiger partial charge in [0.25, 0.3) is 11.1 Å². The molecule has 182 valence electrons. The minimum absolute atomic E-state index is 0.0379. The van der Waals surface area contributed by atoms with E-state index in [0.29, 0.717) is 19.8 Å². The van der Waals surface area contributed by atoms with E-state index in [-0.39, 0.29) is 24.0 Å². The minimum Gasteiger partial charge on any atom is -0.348 e. The van der Waals surface area contributed by atoms with E-state index in [1.54, 1.807) is 16.7 Å². The van der Waals surface area contributed by atoms with E-state index in [1.807, 2.05) is 44.2 Å². The topological polar surface area (TPSA) is 79.5 Å². The molecule has 4 aromatic rings. The van der Waals surface area contributed by atoms with Crippen LogP contribution >= 0.6 is 31.9 Å². The number of aromatic nitrogens is 2. The van der Waals surface area contributed by atoms with Gasteiger partial charge in [-0.15, -0.1) is 0 Å². The van der Waals surface area contributed by atoms with Crippen LogP contribution in [0, 0.1) is 13.8 Å². The van der Waals surface area contributed by atoms with E-state index in [9.17, 15) is 14.4 Å². The Hall–Kier alpha value is -2.59. The number of aldehydes is 1. The molecule has 5 rings (SSSR count). The fourth-order valence-corrected chi connectivity index (χ4v) is 5.48. The number of carbonyl (C=O) groups is 1. The maximum atomic E-state index is 12.1. The number of halogens is 2. The van der Waals surface area contributed by atoms with Gasteiger partial charge in [0.05, 0.1) is 37.3 Å². The van der Waals surface area contributed by atoms with Crippen LogP contribution in [0.15, 0.2) is 67.1 Å². The van der Waals surface area contributed by atoms with E-state index in [1.165, 1.54) is 10.6 Å². The van der Waals surface area contributed by atoms with Crippen molar-refractivity contribution in [1.82, 2.24) is 9.13 Å². The van der Waals surface area contributed by atoms with Gasteiger partial charge in [-0.05, 0) is 61.4 Å². The fourth-order valence-electron chi connectivity index (χ4n) is 4.09. The maximum Gasteiger partial charge on any atom is 0.251 e. The molecule has 2 aromatic carbocycles. The van der Waals surface area contributed by atoms with Gasteiger partial charge in [-0.25, -0.2) is 0 Å². The molecule has 1 fully saturated rings. The van der Waals surface area contributed by atoms with Gasteiger partial charge in [-0.2, -0.15) is 0 Å². The molecule has 0 aliphatic carbocycles. The highest BCUT2D eigenvalue weighted by Gasteiger charge is 2.18. The van der Waals surface area contributed by atoms with Crippen LogP contribution in [-0.2, 0) is 27.4 Å². The molecule has 0 bridgehead atoms. The summed E-state index contributed by atoms with van der Waals surface area (Å²) in [4.78, 5) is 34.3. The molecule has 0 unspecified atom stereocenters. The van der Waals surface area contributed by atoms with Crippen LogP contribution in [0.4, 0.5) is 0 Å². The molecule has 0 amide bonds. The van der Waals surface area contributed by atoms with Gasteiger partial charge < -0.3 is 23.4 Å². The minimum atomic E-state index is -0.331. The Balaban J connectivity index is 0.000000168. The number of pyridine rings is 2. The summed E-state index contributed by atoms with van der Waals surface area (Å²) in [5.41, 5.74) is 3.64. The number of benzene rings is 2. The van der Waals surface area contributed by atoms with E-state index >= 15 is 0 Å². The second-order valence-electron chi connectivity index (χ2n) is 8.26. The fraction of sp³-hybridized carbons (Fsp3) is 0.269. The van der Waals surface area contributed by atoms with Gasteiger partial charge >= 0.3 is 0 Å². The quantitative estimate of drug-likeness (QED) is 0.316. The lowest BCUT2D eigenvalue weighted by molar-refractivity contribution is -0.108. The summed E-state index contributed by atoms with van der Waals surface area (Å²) in [6.45, 7) is 5.65. The van der Waals surface area contributed by atoms with E-state index in [2.05, 4.69) is 31.9 Å². The van der Waals surface area contributed by atoms with E-state index in [0.717, 1.165) is 48.2 Å². The van der Waals surface area contributed by atoms with Crippen molar-refractivity contribution in [2.24, 2.45) is 0 Å². The first-order chi connectivity index (χ1) is 16.8. The molecular weight excluding hydrogens is 580 g/mol. The van der Waals surface area contributed by atoms with Crippen molar-refractivity contribution in [3.63, 3.8) is 0 Å². The summed E-state index contributed by atoms with van der Waals surface area (Å²) in [5, 5.41) is 1.95. The van der Waals surface area contributed by atoms with Gasteiger partial charge in [0.15, 0.2) is 6.29 Å². The van der Waals surface area contributed by atoms with Crippen molar-refractivity contribution in [2.45, 2.75) is 33.2 Å². The Morgan fingerprint density at radius 2 is 1.31 bits per heavy atom. The summed E-state index contributed by atoms with van der Waals surface area (Å²) < 4.78 is 16.0. The van der Waals surface area contributed by atoms with Crippen LogP contribution in [-0.4, -0.2) is 34.9 Å². The average Bonchev–Trinajstić information content (AvgIpc) is 3.31. The number of fused-ring (bicyclic) bond motifs is 2. The summed E-state index contributed by atoms with van der Waals surface area (Å²) in [7, 11) is 0. The first-order valence-corrected chi connectivity index (χ1v) is 12.6. The molecule has 2 aromatic heterocycles. The zero-order chi connectivity index (χ0) is 25.1. The van der Waals surface area contributed by atoms with Crippen molar-refractivity contribution < 1.29 is 14.3 Å². The summed E-state index contributed by atoms with van der Waals surface area (Å²) in [5.74, 6) is 0. The molecule has 0 atom stereocenters. The zero-order valence-electron chi connectivity index (χ0n) is 19.3. The Labute approximate surface area is 218 Å². The zero-order valence-corrected chi connectivity index (χ0v) is 22.5. The SMILES string of the molecule is Cc1cc(Br)c2ccc(=O)n(CC3OCCO3)c2c1.Cc1cc(Br)c2ccc(=O)n(CC=O)c2c1. The predicted octanol–water partition coefficient (Wildman–Crippen LogP) is 4.72. The number of aryl methyl sites for hydroxylation is 2. The Kier molecular flexibility index (Phi) is 8.01. The molecule has 0 saturated carbocycles. The number of carbonyl (C=O) groups excluding carboxylic acids is 1. The largest absolute Gasteiger partial charge is 0.348 e. The summed E-state index contributed by atoms with van der Waals surface area (Å²) in [6, 6.07) is 14.6. The number of rotatable bonds is 4. The average molecular weight is 604 g/mol. The second-order valence-corrected chi connectivity index (χ2v) is 9.97. The third-order valence-electron chi connectivity index (χ3n) is 5.68. The van der Waals surface area contributed by atoms with E-state index < -0.39 is 0 Å². The molecule has 0 spiro atoms. The van der Waals surface area contributed by atoms with Crippen molar-refractivity contribution in [1.29, 1.82) is 0 Å². The highest BCUT2D eigenvalue weighted by atomic mass is 79.9. The Bertz CT molecular complexity index is 1520. The number of hydrogen-bond donors (Lipinski definition) is 0. The van der Waals surface area contributed by atoms with Crippen LogP contribution < -0.4 is 11.1 Å². The molecule has 3 heterocycles. The molecule has 0 N–H and O–H groups in total. The lowest BCUT2D eigenvalue weighted by Crippen LogP contribution is -2.27. The highest BCUT2D eigenvalue weighted by Crippen LogP contribution is 2.26. The first-order valence-electron chi connectivity index (χ1n) is 11.0. The summed E-state index contributed by atoms with van der Waals surface area (Å²) >= 11 is 7.00. The third-order valence-corrected chi connectivity index (χ3v) is 6.99. The smallest absolute Gasteiger partial charge is 0.251 e. The van der Waals surface area contributed by atoms with Crippen molar-refractivity contribution in [2.75, 3.05) is 13.2 Å². The maximum absolute atomic E-state index is 12.1. The van der Waals surface area contributed by atoms with E-state index in [4.69, 9.17) is 9.47 Å². The number of hydrogen-bond acceptors (Lipinski definition) is 5. The van der Waals surface area contributed by atoms with Crippen molar-refractivity contribution >= 4 is 60.0 Å². The third kappa shape index (κ3) is 5.64. The number of nitrogens with zero attached hydrogens (tertiary/aromatic N) is 2. The van der Waals surface area contributed by atoms with Crippen molar-refractivity contribution in [3.8, 4) is 0 Å². The van der Waals surface area contributed by atoms with Gasteiger partial charge in [0.1, 0.15) is 6.29 Å². The molecule has 9 heteroatoms. The molecule has 7 nitrogen and oxygen atoms in total. The van der Waals surface area contributed by atoms with Gasteiger partial charge in [0, 0.05) is 31.9 Å². The van der Waals surface area contributed by atoms with Crippen LogP contribution in [0.2, 0.25) is 0 Å². The standard InChI is InChI=1S/C14H14BrNO3.C12H10BrNO2/c1-9-6-11(15)10-2-3-13(17)16(12(10)7-9)8-14-18-4-5-19-14;1-8-6-10(13)9-2-3-12(16)14(4-5-15)11(9)7-8/h2-3,6-7,14H,4-5,8H2,1H3;2-3,5-7H,4H2,1H3. The molecular formula is C26H24Br2N2O5. The van der Waals surface area contributed by atoms with Gasteiger partial charge in [-0.3, -0.25) is 9.59 Å². The molecule has 1 saturated heterocycles. The second kappa shape index (κ2) is 11.0. The molecule has 0 radical (unpaired) electrons. The molecule has 1 aliphatic rings. The highest BCUT2D eigenvalue weighted by molar-refractivity contribution is 9.11. The first kappa shape index (κ1) is 25.5. The van der Waals surface area contributed by atoms with Crippen LogP contribution in [0.3, 0.4) is 0 Å². The number of ether oxygens (including phenoxy) is 2. The predicted molar refractivity (Wildman–Crippen MR) is 143 cm³/mol. The van der Waals surface area contributed by atoms with Gasteiger partial charge in [0.2, 0.25) is 0 Å².